The topological polar surface area (TPSA) is 3.24 Å². The first-order valence-electron chi connectivity index (χ1n) is 10.1. The van der Waals surface area contributed by atoms with E-state index in [1.54, 1.807) is 0 Å². The number of rotatable bonds is 6. The number of hydrogen-bond donors (Lipinski definition) is 0. The third kappa shape index (κ3) is 3.87. The van der Waals surface area contributed by atoms with E-state index in [1.807, 2.05) is 0 Å². The number of thiocarbonyl (C=S) groups is 1. The van der Waals surface area contributed by atoms with Crippen LogP contribution in [-0.2, 0) is 0 Å². The van der Waals surface area contributed by atoms with Crippen LogP contribution in [0.25, 0.3) is 0 Å². The van der Waals surface area contributed by atoms with E-state index in [2.05, 4.69) is 99.0 Å². The Morgan fingerprint density at radius 3 is 1.89 bits per heavy atom. The van der Waals surface area contributed by atoms with Gasteiger partial charge in [0.15, 0.2) is 0 Å². The van der Waals surface area contributed by atoms with Crippen molar-refractivity contribution in [2.45, 2.75) is 52.1 Å². The molecule has 1 nitrogen and oxygen atoms in total. The second kappa shape index (κ2) is 8.39. The Hall–Kier alpha value is -1.93. The van der Waals surface area contributed by atoms with Gasteiger partial charge in [-0.15, -0.1) is 6.58 Å². The summed E-state index contributed by atoms with van der Waals surface area (Å²) in [5.74, 6) is 0.269. The molecule has 1 heterocycles. The monoisotopic (exact) mass is 377 g/mol. The highest BCUT2D eigenvalue weighted by atomic mass is 32.1. The maximum atomic E-state index is 6.15. The molecule has 0 amide bonds. The molecular formula is C25H31NS. The Labute approximate surface area is 170 Å². The summed E-state index contributed by atoms with van der Waals surface area (Å²) in [7, 11) is 0. The van der Waals surface area contributed by atoms with Gasteiger partial charge in [-0.05, 0) is 35.8 Å². The lowest BCUT2D eigenvalue weighted by Crippen LogP contribution is -2.40. The predicted molar refractivity (Wildman–Crippen MR) is 120 cm³/mol. The van der Waals surface area contributed by atoms with E-state index in [9.17, 15) is 0 Å². The van der Waals surface area contributed by atoms with Gasteiger partial charge in [-0.25, -0.2) is 0 Å². The van der Waals surface area contributed by atoms with Crippen LogP contribution in [0.5, 0.6) is 0 Å². The van der Waals surface area contributed by atoms with E-state index in [0.717, 1.165) is 24.3 Å². The van der Waals surface area contributed by atoms with Gasteiger partial charge in [0.25, 0.3) is 0 Å². The van der Waals surface area contributed by atoms with Crippen molar-refractivity contribution in [3.63, 3.8) is 0 Å². The molecule has 0 N–H and O–H groups in total. The Morgan fingerprint density at radius 1 is 1.07 bits per heavy atom. The smallest absolute Gasteiger partial charge is 0.0826 e. The molecule has 142 valence electrons. The molecule has 27 heavy (non-hydrogen) atoms. The van der Waals surface area contributed by atoms with Crippen LogP contribution >= 0.6 is 12.2 Å². The molecule has 1 saturated heterocycles. The van der Waals surface area contributed by atoms with Crippen molar-refractivity contribution in [2.24, 2.45) is 11.3 Å². The molecule has 1 aliphatic rings. The molecule has 2 aromatic rings. The zero-order valence-corrected chi connectivity index (χ0v) is 17.6. The largest absolute Gasteiger partial charge is 0.352 e. The van der Waals surface area contributed by atoms with Crippen LogP contribution in [0.2, 0.25) is 0 Å². The fraction of sp³-hybridized carbons (Fsp3) is 0.400. The maximum Gasteiger partial charge on any atom is 0.0826 e. The normalized spacial score (nSPS) is 22.9. The van der Waals surface area contributed by atoms with E-state index < -0.39 is 0 Å². The fourth-order valence-electron chi connectivity index (χ4n) is 4.26. The summed E-state index contributed by atoms with van der Waals surface area (Å²) < 4.78 is 0. The zero-order valence-electron chi connectivity index (χ0n) is 16.8. The van der Waals surface area contributed by atoms with E-state index in [0.29, 0.717) is 12.1 Å². The van der Waals surface area contributed by atoms with E-state index in [4.69, 9.17) is 12.2 Å². The van der Waals surface area contributed by atoms with Crippen molar-refractivity contribution in [1.29, 1.82) is 0 Å². The summed E-state index contributed by atoms with van der Waals surface area (Å²) in [6.45, 7) is 10.9. The minimum atomic E-state index is 0.0160. The van der Waals surface area contributed by atoms with Crippen molar-refractivity contribution >= 4 is 17.2 Å². The fourth-order valence-corrected chi connectivity index (χ4v) is 4.78. The first-order chi connectivity index (χ1) is 13.0. The molecule has 0 aliphatic carbocycles. The SMILES string of the molecule is C=C[C@@](C)(CC)[C@@H](C)C(=S)N1[C@@H](c2ccccc2)CC[C@@H]1c1ccccc1. The van der Waals surface area contributed by atoms with Gasteiger partial charge in [0.05, 0.1) is 17.1 Å². The maximum absolute atomic E-state index is 6.15. The molecule has 4 atom stereocenters. The van der Waals surface area contributed by atoms with Gasteiger partial charge in [-0.1, -0.05) is 99.7 Å². The minimum Gasteiger partial charge on any atom is -0.352 e. The van der Waals surface area contributed by atoms with Gasteiger partial charge in [0.2, 0.25) is 0 Å². The van der Waals surface area contributed by atoms with Crippen molar-refractivity contribution < 1.29 is 0 Å². The van der Waals surface area contributed by atoms with Crippen LogP contribution < -0.4 is 0 Å². The minimum absolute atomic E-state index is 0.0160. The summed E-state index contributed by atoms with van der Waals surface area (Å²) >= 11 is 6.15. The third-order valence-corrected chi connectivity index (χ3v) is 7.16. The first-order valence-corrected chi connectivity index (χ1v) is 10.5. The van der Waals surface area contributed by atoms with Gasteiger partial charge in [-0.3, -0.25) is 0 Å². The van der Waals surface area contributed by atoms with Gasteiger partial charge in [-0.2, -0.15) is 0 Å². The van der Waals surface area contributed by atoms with Crippen molar-refractivity contribution in [1.82, 2.24) is 4.90 Å². The number of benzene rings is 2. The van der Waals surface area contributed by atoms with E-state index in [-0.39, 0.29) is 11.3 Å². The van der Waals surface area contributed by atoms with Crippen LogP contribution in [0.4, 0.5) is 0 Å². The van der Waals surface area contributed by atoms with E-state index >= 15 is 0 Å². The standard InChI is InChI=1S/C25H31NS/c1-5-25(4,6-2)19(3)24(27)26-22(20-13-9-7-10-14-20)17-18-23(26)21-15-11-8-12-16-21/h5,7-16,19,22-23H,1,6,17-18H2,2-4H3/t19-,22+,23+,25-/m0/s1. The summed E-state index contributed by atoms with van der Waals surface area (Å²) in [6, 6.07) is 22.4. The quantitative estimate of drug-likeness (QED) is 0.389. The number of hydrogen-bond acceptors (Lipinski definition) is 1. The van der Waals surface area contributed by atoms with Crippen LogP contribution in [0.15, 0.2) is 73.3 Å². The van der Waals surface area contributed by atoms with E-state index in [1.165, 1.54) is 11.1 Å². The summed E-state index contributed by atoms with van der Waals surface area (Å²) in [4.78, 5) is 3.60. The lowest BCUT2D eigenvalue weighted by molar-refractivity contribution is 0.267. The average molecular weight is 378 g/mol. The molecular weight excluding hydrogens is 346 g/mol. The lowest BCUT2D eigenvalue weighted by atomic mass is 9.75. The first kappa shape index (κ1) is 19.8. The molecule has 0 bridgehead atoms. The number of allylic oxidation sites excluding steroid dienone is 1. The van der Waals surface area contributed by atoms with Crippen LogP contribution in [0.3, 0.4) is 0 Å². The van der Waals surface area contributed by atoms with Crippen molar-refractivity contribution in [3.8, 4) is 0 Å². The van der Waals surface area contributed by atoms with Gasteiger partial charge in [0.1, 0.15) is 0 Å². The second-order valence-corrected chi connectivity index (χ2v) is 8.38. The second-order valence-electron chi connectivity index (χ2n) is 7.96. The number of likely N-dealkylation sites (tertiary alicyclic amines) is 1. The molecule has 0 saturated carbocycles. The Kier molecular flexibility index (Phi) is 6.16. The third-order valence-electron chi connectivity index (χ3n) is 6.60. The Balaban J connectivity index is 2.00. The molecule has 0 aromatic heterocycles. The molecule has 2 heteroatoms. The summed E-state index contributed by atoms with van der Waals surface area (Å²) in [5.41, 5.74) is 2.74. The predicted octanol–water partition coefficient (Wildman–Crippen LogP) is 7.13. The van der Waals surface area contributed by atoms with Crippen LogP contribution in [-0.4, -0.2) is 9.89 Å². The number of nitrogens with zero attached hydrogens (tertiary/aromatic N) is 1. The summed E-state index contributed by atoms with van der Waals surface area (Å²) in [5, 5.41) is 0. The highest BCUT2D eigenvalue weighted by molar-refractivity contribution is 7.80. The highest BCUT2D eigenvalue weighted by Crippen LogP contribution is 2.47. The molecule has 0 unspecified atom stereocenters. The van der Waals surface area contributed by atoms with Gasteiger partial charge in [0, 0.05) is 5.92 Å². The highest BCUT2D eigenvalue weighted by Gasteiger charge is 2.41. The van der Waals surface area contributed by atoms with Gasteiger partial charge >= 0.3 is 0 Å². The molecule has 0 spiro atoms. The molecule has 3 rings (SSSR count). The molecule has 2 aromatic carbocycles. The van der Waals surface area contributed by atoms with Crippen molar-refractivity contribution in [2.75, 3.05) is 0 Å². The Bertz CT molecular complexity index is 722. The van der Waals surface area contributed by atoms with Gasteiger partial charge < -0.3 is 4.90 Å². The molecule has 1 fully saturated rings. The summed E-state index contributed by atoms with van der Waals surface area (Å²) in [6.07, 6.45) is 5.40. The molecule has 0 radical (unpaired) electrons. The average Bonchev–Trinajstić information content (AvgIpc) is 3.18. The Morgan fingerprint density at radius 2 is 1.52 bits per heavy atom. The lowest BCUT2D eigenvalue weighted by Gasteiger charge is -2.41. The van der Waals surface area contributed by atoms with Crippen LogP contribution in [0.1, 0.15) is 63.2 Å². The molecule has 1 aliphatic heterocycles. The van der Waals surface area contributed by atoms with Crippen LogP contribution in [0, 0.1) is 11.3 Å². The zero-order chi connectivity index (χ0) is 19.4. The van der Waals surface area contributed by atoms with Crippen molar-refractivity contribution in [3.05, 3.63) is 84.4 Å².